The lowest BCUT2D eigenvalue weighted by Gasteiger charge is -2.11. The van der Waals surface area contributed by atoms with Gasteiger partial charge in [0.2, 0.25) is 0 Å². The summed E-state index contributed by atoms with van der Waals surface area (Å²) >= 11 is 0. The predicted octanol–water partition coefficient (Wildman–Crippen LogP) is 3.32. The summed E-state index contributed by atoms with van der Waals surface area (Å²) in [5.74, 6) is -0.547. The largest absolute Gasteiger partial charge is 0.461 e. The minimum Gasteiger partial charge on any atom is -0.461 e. The van der Waals surface area contributed by atoms with Crippen molar-refractivity contribution in [2.75, 3.05) is 0 Å². The first kappa shape index (κ1) is 13.3. The Labute approximate surface area is 107 Å². The number of rotatable bonds is 2. The molecular weight excluding hydrogens is 259 g/mol. The Bertz CT molecular complexity index is 623. The summed E-state index contributed by atoms with van der Waals surface area (Å²) in [6, 6.07) is 7.33. The van der Waals surface area contributed by atoms with Crippen molar-refractivity contribution in [3.05, 3.63) is 41.6 Å². The van der Waals surface area contributed by atoms with Gasteiger partial charge in [0.1, 0.15) is 12.3 Å². The molecule has 100 valence electrons. The summed E-state index contributed by atoms with van der Waals surface area (Å²) in [6.45, 7) is 0.996. The summed E-state index contributed by atoms with van der Waals surface area (Å²) in [7, 11) is 0. The Morgan fingerprint density at radius 2 is 2.00 bits per heavy atom. The Balaban J connectivity index is 2.55. The number of ether oxygens (including phenoxy) is 1. The first-order valence-corrected chi connectivity index (χ1v) is 5.47. The number of hydrogen-bond donors (Lipinski definition) is 0. The van der Waals surface area contributed by atoms with Crippen molar-refractivity contribution in [3.8, 4) is 0 Å². The van der Waals surface area contributed by atoms with Crippen molar-refractivity contribution in [2.45, 2.75) is 19.7 Å². The van der Waals surface area contributed by atoms with Crippen LogP contribution in [0.25, 0.3) is 10.9 Å². The molecule has 0 saturated carbocycles. The van der Waals surface area contributed by atoms with Gasteiger partial charge in [0, 0.05) is 17.9 Å². The van der Waals surface area contributed by atoms with Gasteiger partial charge in [-0.15, -0.1) is 0 Å². The molecule has 0 atom stereocenters. The monoisotopic (exact) mass is 269 g/mol. The van der Waals surface area contributed by atoms with Crippen LogP contribution in [-0.2, 0) is 22.3 Å². The van der Waals surface area contributed by atoms with Crippen molar-refractivity contribution in [1.29, 1.82) is 0 Å². The highest BCUT2D eigenvalue weighted by Crippen LogP contribution is 2.31. The van der Waals surface area contributed by atoms with Gasteiger partial charge in [-0.3, -0.25) is 4.79 Å². The molecule has 0 amide bonds. The second-order valence-corrected chi connectivity index (χ2v) is 3.96. The molecule has 0 aliphatic rings. The highest BCUT2D eigenvalue weighted by Gasteiger charge is 2.33. The van der Waals surface area contributed by atoms with Crippen molar-refractivity contribution in [3.63, 3.8) is 0 Å². The molecule has 1 aromatic carbocycles. The average molecular weight is 269 g/mol. The van der Waals surface area contributed by atoms with E-state index in [1.807, 2.05) is 0 Å². The number of nitrogens with zero attached hydrogens (tertiary/aromatic N) is 1. The highest BCUT2D eigenvalue weighted by molar-refractivity contribution is 5.82. The third-order valence-corrected chi connectivity index (χ3v) is 2.52. The van der Waals surface area contributed by atoms with Crippen LogP contribution in [-0.4, -0.2) is 11.0 Å². The van der Waals surface area contributed by atoms with Crippen LogP contribution in [0.1, 0.15) is 18.2 Å². The van der Waals surface area contributed by atoms with Crippen LogP contribution in [0.5, 0.6) is 0 Å². The third kappa shape index (κ3) is 3.01. The Hall–Kier alpha value is -2.11. The maximum absolute atomic E-state index is 12.7. The number of pyridine rings is 1. The molecule has 0 fully saturated rings. The van der Waals surface area contributed by atoms with Gasteiger partial charge in [0.25, 0.3) is 0 Å². The first-order chi connectivity index (χ1) is 8.88. The fourth-order valence-electron chi connectivity index (χ4n) is 1.69. The van der Waals surface area contributed by atoms with Crippen LogP contribution in [0.4, 0.5) is 13.2 Å². The van der Waals surface area contributed by atoms with Gasteiger partial charge in [0.15, 0.2) is 0 Å². The smallest absolute Gasteiger partial charge is 0.433 e. The number of alkyl halides is 3. The van der Waals surface area contributed by atoms with Gasteiger partial charge < -0.3 is 4.74 Å². The Morgan fingerprint density at radius 1 is 1.32 bits per heavy atom. The number of carbonyl (C=O) groups is 1. The van der Waals surface area contributed by atoms with E-state index in [9.17, 15) is 18.0 Å². The minimum absolute atomic E-state index is 0.207. The van der Waals surface area contributed by atoms with Crippen LogP contribution >= 0.6 is 0 Å². The summed E-state index contributed by atoms with van der Waals surface area (Å²) < 4.78 is 42.9. The lowest BCUT2D eigenvalue weighted by Crippen LogP contribution is -2.10. The number of carbonyl (C=O) groups excluding carboxylic acids is 1. The second-order valence-electron chi connectivity index (χ2n) is 3.96. The van der Waals surface area contributed by atoms with Gasteiger partial charge in [-0.05, 0) is 12.1 Å². The van der Waals surface area contributed by atoms with Crippen LogP contribution in [0.2, 0.25) is 0 Å². The van der Waals surface area contributed by atoms with Gasteiger partial charge in [-0.2, -0.15) is 13.2 Å². The van der Waals surface area contributed by atoms with E-state index in [1.165, 1.54) is 13.0 Å². The molecule has 0 radical (unpaired) electrons. The molecule has 0 spiro atoms. The molecule has 3 nitrogen and oxygen atoms in total. The number of benzene rings is 1. The Kier molecular flexibility index (Phi) is 3.42. The molecule has 0 aliphatic heterocycles. The fourth-order valence-corrected chi connectivity index (χ4v) is 1.69. The molecule has 2 rings (SSSR count). The zero-order chi connectivity index (χ0) is 14.0. The molecule has 1 heterocycles. The SMILES string of the molecule is CC(=O)OCc1cc(C(F)(F)F)nc2ccccc12. The van der Waals surface area contributed by atoms with Crippen LogP contribution in [0.15, 0.2) is 30.3 Å². The number of halogens is 3. The van der Waals surface area contributed by atoms with E-state index in [0.29, 0.717) is 5.39 Å². The molecule has 1 aromatic heterocycles. The number of hydrogen-bond acceptors (Lipinski definition) is 3. The molecule has 0 saturated heterocycles. The van der Waals surface area contributed by atoms with E-state index in [-0.39, 0.29) is 17.7 Å². The molecule has 0 bridgehead atoms. The minimum atomic E-state index is -4.53. The highest BCUT2D eigenvalue weighted by atomic mass is 19.4. The van der Waals surface area contributed by atoms with Crippen LogP contribution in [0.3, 0.4) is 0 Å². The fraction of sp³-hybridized carbons (Fsp3) is 0.231. The predicted molar refractivity (Wildman–Crippen MR) is 62.2 cm³/mol. The summed E-state index contributed by atoms with van der Waals surface area (Å²) in [5, 5.41) is 0.539. The van der Waals surface area contributed by atoms with E-state index in [1.54, 1.807) is 18.2 Å². The topological polar surface area (TPSA) is 39.2 Å². The van der Waals surface area contributed by atoms with Crippen LogP contribution in [0, 0.1) is 0 Å². The van der Waals surface area contributed by atoms with Gasteiger partial charge >= 0.3 is 12.1 Å². The average Bonchev–Trinajstić information content (AvgIpc) is 2.34. The van der Waals surface area contributed by atoms with E-state index in [4.69, 9.17) is 4.74 Å². The maximum atomic E-state index is 12.7. The molecule has 0 unspecified atom stereocenters. The van der Waals surface area contributed by atoms with Gasteiger partial charge in [-0.1, -0.05) is 18.2 Å². The van der Waals surface area contributed by atoms with Crippen LogP contribution < -0.4 is 0 Å². The zero-order valence-electron chi connectivity index (χ0n) is 9.99. The standard InChI is InChI=1S/C13H10F3NO2/c1-8(18)19-7-9-6-12(13(14,15)16)17-11-5-3-2-4-10(9)11/h2-6H,7H2,1H3. The quantitative estimate of drug-likeness (QED) is 0.785. The molecular formula is C13H10F3NO2. The molecule has 0 aliphatic carbocycles. The summed E-state index contributed by atoms with van der Waals surface area (Å²) in [6.07, 6.45) is -4.53. The molecule has 19 heavy (non-hydrogen) atoms. The van der Waals surface area contributed by atoms with E-state index < -0.39 is 17.8 Å². The molecule has 0 N–H and O–H groups in total. The lowest BCUT2D eigenvalue weighted by atomic mass is 10.1. The third-order valence-electron chi connectivity index (χ3n) is 2.52. The van der Waals surface area contributed by atoms with E-state index in [2.05, 4.69) is 4.98 Å². The second kappa shape index (κ2) is 4.87. The van der Waals surface area contributed by atoms with Crippen molar-refractivity contribution in [1.82, 2.24) is 4.98 Å². The Morgan fingerprint density at radius 3 is 2.63 bits per heavy atom. The van der Waals surface area contributed by atoms with E-state index >= 15 is 0 Å². The zero-order valence-corrected chi connectivity index (χ0v) is 9.99. The molecule has 2 aromatic rings. The number of esters is 1. The van der Waals surface area contributed by atoms with Gasteiger partial charge in [-0.25, -0.2) is 4.98 Å². The number of fused-ring (bicyclic) bond motifs is 1. The number of para-hydroxylation sites is 1. The van der Waals surface area contributed by atoms with Crippen molar-refractivity contribution < 1.29 is 22.7 Å². The van der Waals surface area contributed by atoms with Crippen molar-refractivity contribution in [2.24, 2.45) is 0 Å². The van der Waals surface area contributed by atoms with Gasteiger partial charge in [0.05, 0.1) is 5.52 Å². The molecule has 6 heteroatoms. The first-order valence-electron chi connectivity index (χ1n) is 5.47. The normalized spacial score (nSPS) is 11.6. The maximum Gasteiger partial charge on any atom is 0.433 e. The lowest BCUT2D eigenvalue weighted by molar-refractivity contribution is -0.142. The number of aromatic nitrogens is 1. The van der Waals surface area contributed by atoms with E-state index in [0.717, 1.165) is 6.07 Å². The van der Waals surface area contributed by atoms with Crippen molar-refractivity contribution >= 4 is 16.9 Å². The summed E-state index contributed by atoms with van der Waals surface area (Å²) in [5.41, 5.74) is -0.485. The summed E-state index contributed by atoms with van der Waals surface area (Å²) in [4.78, 5) is 14.3.